The molecule has 0 fully saturated rings. The van der Waals surface area contributed by atoms with E-state index in [0.29, 0.717) is 30.4 Å². The molecule has 4 nitrogen and oxygen atoms in total. The first-order valence-corrected chi connectivity index (χ1v) is 14.8. The zero-order chi connectivity index (χ0) is 28.4. The Morgan fingerprint density at radius 2 is 1.54 bits per heavy atom. The third-order valence-electron chi connectivity index (χ3n) is 6.94. The molecule has 1 N–H and O–H groups in total. The molecule has 0 atom stereocenters. The Morgan fingerprint density at radius 1 is 0.854 bits per heavy atom. The summed E-state index contributed by atoms with van der Waals surface area (Å²) in [7, 11) is 0. The number of thiazole rings is 1. The lowest BCUT2D eigenvalue weighted by Gasteiger charge is -2.25. The van der Waals surface area contributed by atoms with Gasteiger partial charge in [0.05, 0.1) is 6.54 Å². The van der Waals surface area contributed by atoms with Crippen molar-refractivity contribution >= 4 is 28.8 Å². The quantitative estimate of drug-likeness (QED) is 0.161. The van der Waals surface area contributed by atoms with Crippen LogP contribution in [0.5, 0.6) is 0 Å². The summed E-state index contributed by atoms with van der Waals surface area (Å²) in [5, 5.41) is 6.26. The molecule has 0 spiro atoms. The molecule has 41 heavy (non-hydrogen) atoms. The van der Waals surface area contributed by atoms with Crippen molar-refractivity contribution in [3.8, 4) is 0 Å². The van der Waals surface area contributed by atoms with Crippen LogP contribution in [0.15, 0.2) is 115 Å². The highest BCUT2D eigenvalue weighted by Crippen LogP contribution is 2.29. The number of nitrogens with one attached hydrogen (secondary N) is 1. The number of carbonyl (C=O) groups is 1. The van der Waals surface area contributed by atoms with Crippen molar-refractivity contribution in [1.82, 2.24) is 15.2 Å². The Balaban J connectivity index is 1.30. The van der Waals surface area contributed by atoms with E-state index in [2.05, 4.69) is 69.8 Å². The van der Waals surface area contributed by atoms with Gasteiger partial charge < -0.3 is 5.32 Å². The van der Waals surface area contributed by atoms with E-state index in [1.54, 1.807) is 17.5 Å². The third kappa shape index (κ3) is 8.33. The van der Waals surface area contributed by atoms with Crippen LogP contribution in [-0.4, -0.2) is 22.3 Å². The fraction of sp³-hybridized carbons (Fsp3) is 0.176. The maximum Gasteiger partial charge on any atom is 0.271 e. The van der Waals surface area contributed by atoms with Crippen molar-refractivity contribution in [3.63, 3.8) is 0 Å². The van der Waals surface area contributed by atoms with Crippen molar-refractivity contribution < 1.29 is 9.18 Å². The fourth-order valence-corrected chi connectivity index (χ4v) is 5.90. The molecule has 5 aromatic rings. The van der Waals surface area contributed by atoms with Crippen LogP contribution in [-0.2, 0) is 19.6 Å². The Hall–Kier alpha value is -3.84. The number of benzene rings is 4. The summed E-state index contributed by atoms with van der Waals surface area (Å²) in [6, 6.07) is 35.3. The molecule has 0 bridgehead atoms. The van der Waals surface area contributed by atoms with Crippen molar-refractivity contribution in [2.75, 3.05) is 6.54 Å². The minimum absolute atomic E-state index is 0.244. The Morgan fingerprint density at radius 3 is 2.20 bits per heavy atom. The summed E-state index contributed by atoms with van der Waals surface area (Å²) in [5.74, 6) is -0.291. The van der Waals surface area contributed by atoms with Gasteiger partial charge in [-0.1, -0.05) is 96.5 Å². The molecule has 0 aliphatic carbocycles. The topological polar surface area (TPSA) is 45.2 Å². The maximum atomic E-state index is 13.2. The maximum absolute atomic E-state index is 13.2. The molecule has 0 aliphatic rings. The van der Waals surface area contributed by atoms with E-state index >= 15 is 0 Å². The number of rotatable bonds is 12. The van der Waals surface area contributed by atoms with Gasteiger partial charge in [0.1, 0.15) is 16.5 Å². The van der Waals surface area contributed by atoms with Crippen LogP contribution in [0.25, 0.3) is 0 Å². The highest BCUT2D eigenvalue weighted by molar-refractivity contribution is 7.09. The largest absolute Gasteiger partial charge is 0.347 e. The van der Waals surface area contributed by atoms with Crippen LogP contribution >= 0.6 is 22.9 Å². The van der Waals surface area contributed by atoms with Crippen molar-refractivity contribution in [2.24, 2.45) is 0 Å². The van der Waals surface area contributed by atoms with E-state index in [1.807, 2.05) is 30.3 Å². The molecule has 208 valence electrons. The first kappa shape index (κ1) is 28.7. The first-order chi connectivity index (χ1) is 20.0. The number of hydrogen-bond acceptors (Lipinski definition) is 4. The standard InChI is InChI=1S/C34H31ClFN3OS/c35-29-13-7-8-26(20-29)22-39(19-18-31(27-9-3-1-4-10-27)28-11-5-2-6-12-28)23-33-38-32(24-41-33)34(40)37-21-25-14-16-30(36)17-15-25/h1-17,20,24,31H,18-19,21-23H2,(H,37,40). The second-order valence-electron chi connectivity index (χ2n) is 9.94. The summed E-state index contributed by atoms with van der Waals surface area (Å²) in [6.07, 6.45) is 0.922. The summed E-state index contributed by atoms with van der Waals surface area (Å²) in [5.41, 5.74) is 4.92. The molecular formula is C34H31ClFN3OS. The number of carbonyl (C=O) groups excluding carboxylic acids is 1. The van der Waals surface area contributed by atoms with E-state index in [-0.39, 0.29) is 17.6 Å². The molecule has 1 amide bonds. The normalized spacial score (nSPS) is 11.2. The van der Waals surface area contributed by atoms with Gasteiger partial charge in [0, 0.05) is 29.4 Å². The van der Waals surface area contributed by atoms with Gasteiger partial charge in [0.25, 0.3) is 5.91 Å². The number of nitrogens with zero attached hydrogens (tertiary/aromatic N) is 2. The Kier molecular flexibility index (Phi) is 9.91. The van der Waals surface area contributed by atoms with Crippen LogP contribution in [0.4, 0.5) is 4.39 Å². The smallest absolute Gasteiger partial charge is 0.271 e. The highest BCUT2D eigenvalue weighted by Gasteiger charge is 2.18. The van der Waals surface area contributed by atoms with Crippen LogP contribution in [0, 0.1) is 5.82 Å². The van der Waals surface area contributed by atoms with Gasteiger partial charge in [0.15, 0.2) is 0 Å². The number of halogens is 2. The molecule has 7 heteroatoms. The molecule has 0 radical (unpaired) electrons. The molecule has 0 aliphatic heterocycles. The van der Waals surface area contributed by atoms with E-state index in [4.69, 9.17) is 11.6 Å². The molecular weight excluding hydrogens is 553 g/mol. The molecule has 0 unspecified atom stereocenters. The van der Waals surface area contributed by atoms with Crippen LogP contribution in [0.2, 0.25) is 5.02 Å². The molecule has 0 saturated carbocycles. The summed E-state index contributed by atoms with van der Waals surface area (Å²) in [4.78, 5) is 19.8. The first-order valence-electron chi connectivity index (χ1n) is 13.6. The lowest BCUT2D eigenvalue weighted by molar-refractivity contribution is 0.0946. The zero-order valence-corrected chi connectivity index (χ0v) is 24.1. The van der Waals surface area contributed by atoms with Crippen molar-refractivity contribution in [2.45, 2.75) is 32.0 Å². The molecule has 0 saturated heterocycles. The minimum atomic E-state index is -0.301. The number of hydrogen-bond donors (Lipinski definition) is 1. The predicted octanol–water partition coefficient (Wildman–Crippen LogP) is 8.09. The monoisotopic (exact) mass is 583 g/mol. The average Bonchev–Trinajstić information content (AvgIpc) is 3.46. The van der Waals surface area contributed by atoms with Crippen LogP contribution in [0.3, 0.4) is 0 Å². The van der Waals surface area contributed by atoms with Gasteiger partial charge in [-0.05, 0) is 59.5 Å². The summed E-state index contributed by atoms with van der Waals surface area (Å²) >= 11 is 7.79. The molecule has 1 heterocycles. The SMILES string of the molecule is O=C(NCc1ccc(F)cc1)c1csc(CN(CCC(c2ccccc2)c2ccccc2)Cc2cccc(Cl)c2)n1. The predicted molar refractivity (Wildman–Crippen MR) is 165 cm³/mol. The van der Waals surface area contributed by atoms with E-state index in [1.165, 1.54) is 34.6 Å². The van der Waals surface area contributed by atoms with Crippen LogP contribution in [0.1, 0.15) is 50.1 Å². The number of amides is 1. The second kappa shape index (κ2) is 14.2. The molecule has 1 aromatic heterocycles. The van der Waals surface area contributed by atoms with E-state index in [9.17, 15) is 9.18 Å². The van der Waals surface area contributed by atoms with Crippen molar-refractivity contribution in [3.05, 3.63) is 158 Å². The Bertz CT molecular complexity index is 1500. The highest BCUT2D eigenvalue weighted by atomic mass is 35.5. The van der Waals surface area contributed by atoms with E-state index < -0.39 is 0 Å². The van der Waals surface area contributed by atoms with Gasteiger partial charge in [-0.25, -0.2) is 9.37 Å². The third-order valence-corrected chi connectivity index (χ3v) is 8.01. The lowest BCUT2D eigenvalue weighted by atomic mass is 9.88. The average molecular weight is 584 g/mol. The van der Waals surface area contributed by atoms with Gasteiger partial charge in [-0.2, -0.15) is 0 Å². The van der Waals surface area contributed by atoms with Crippen LogP contribution < -0.4 is 5.32 Å². The molecule has 4 aromatic carbocycles. The molecule has 5 rings (SSSR count). The van der Waals surface area contributed by atoms with Gasteiger partial charge in [-0.3, -0.25) is 9.69 Å². The van der Waals surface area contributed by atoms with E-state index in [0.717, 1.165) is 29.1 Å². The fourth-order valence-electron chi connectivity index (χ4n) is 4.87. The van der Waals surface area contributed by atoms with Gasteiger partial charge >= 0.3 is 0 Å². The second-order valence-corrected chi connectivity index (χ2v) is 11.3. The van der Waals surface area contributed by atoms with Gasteiger partial charge in [0.2, 0.25) is 0 Å². The number of aromatic nitrogens is 1. The van der Waals surface area contributed by atoms with Gasteiger partial charge in [-0.15, -0.1) is 11.3 Å². The van der Waals surface area contributed by atoms with Crippen molar-refractivity contribution in [1.29, 1.82) is 0 Å². The Labute approximate surface area is 249 Å². The summed E-state index contributed by atoms with van der Waals surface area (Å²) < 4.78 is 13.2. The minimum Gasteiger partial charge on any atom is -0.347 e. The lowest BCUT2D eigenvalue weighted by Crippen LogP contribution is -2.26. The zero-order valence-electron chi connectivity index (χ0n) is 22.5. The summed E-state index contributed by atoms with van der Waals surface area (Å²) in [6.45, 7) is 2.46.